The largest absolute Gasteiger partial charge is 0.377 e. The fraction of sp³-hybridized carbons (Fsp3) is 0.172. The second-order valence-electron chi connectivity index (χ2n) is 9.77. The Hall–Kier alpha value is -4.33. The zero-order valence-corrected chi connectivity index (χ0v) is 23.6. The molecule has 1 aliphatic heterocycles. The van der Waals surface area contributed by atoms with E-state index in [1.807, 2.05) is 16.9 Å². The molecule has 5 aromatic rings. The summed E-state index contributed by atoms with van der Waals surface area (Å²) in [7, 11) is -4.96. The van der Waals surface area contributed by atoms with Crippen molar-refractivity contribution < 1.29 is 31.1 Å². The average molecular weight is 628 g/mol. The predicted molar refractivity (Wildman–Crippen MR) is 152 cm³/mol. The molecule has 1 saturated heterocycles. The molecule has 14 heteroatoms. The van der Waals surface area contributed by atoms with Gasteiger partial charge in [-0.3, -0.25) is 14.5 Å². The third-order valence-electron chi connectivity index (χ3n) is 6.91. The van der Waals surface area contributed by atoms with Crippen molar-refractivity contribution in [3.05, 3.63) is 95.2 Å². The highest BCUT2D eigenvalue weighted by Crippen LogP contribution is 2.30. The Balaban J connectivity index is 1.23. The minimum atomic E-state index is -4.96. The van der Waals surface area contributed by atoms with E-state index in [2.05, 4.69) is 20.4 Å². The van der Waals surface area contributed by atoms with Gasteiger partial charge in [-0.15, -0.1) is 0 Å². The summed E-state index contributed by atoms with van der Waals surface area (Å²) in [5.74, 6) is -4.99. The van der Waals surface area contributed by atoms with Crippen LogP contribution in [0.5, 0.6) is 0 Å². The van der Waals surface area contributed by atoms with Crippen LogP contribution in [0.2, 0.25) is 5.02 Å². The number of fused-ring (bicyclic) bond motifs is 1. The lowest BCUT2D eigenvalue weighted by Gasteiger charge is -2.25. The summed E-state index contributed by atoms with van der Waals surface area (Å²) in [6.07, 6.45) is 3.31. The minimum absolute atomic E-state index is 0.162. The van der Waals surface area contributed by atoms with E-state index in [-0.39, 0.29) is 34.1 Å². The number of hydrogen-bond acceptors (Lipinski definition) is 7. The molecule has 0 spiro atoms. The molecule has 0 bridgehead atoms. The highest BCUT2D eigenvalue weighted by atomic mass is 35.5. The van der Waals surface area contributed by atoms with Gasteiger partial charge < -0.3 is 10.1 Å². The number of carbonyl (C=O) groups excluding carboxylic acids is 1. The van der Waals surface area contributed by atoms with Crippen LogP contribution in [0, 0.1) is 5.82 Å². The Morgan fingerprint density at radius 3 is 2.60 bits per heavy atom. The number of alkyl halides is 2. The van der Waals surface area contributed by atoms with Gasteiger partial charge in [0.1, 0.15) is 11.5 Å². The molecule has 4 heterocycles. The van der Waals surface area contributed by atoms with Crippen LogP contribution in [0.3, 0.4) is 0 Å². The van der Waals surface area contributed by atoms with E-state index in [9.17, 15) is 22.0 Å². The van der Waals surface area contributed by atoms with Crippen LogP contribution in [-0.4, -0.2) is 53.0 Å². The number of nitrogens with one attached hydrogen (secondary N) is 1. The summed E-state index contributed by atoms with van der Waals surface area (Å²) in [4.78, 5) is 20.8. The van der Waals surface area contributed by atoms with Crippen molar-refractivity contribution in [3.8, 4) is 22.6 Å². The molecule has 3 aromatic heterocycles. The van der Waals surface area contributed by atoms with Gasteiger partial charge in [-0.1, -0.05) is 23.7 Å². The number of halogens is 4. The van der Waals surface area contributed by atoms with E-state index < -0.39 is 32.2 Å². The van der Waals surface area contributed by atoms with Crippen molar-refractivity contribution in [2.45, 2.75) is 23.2 Å². The number of sulfone groups is 1. The molecule has 0 aliphatic carbocycles. The predicted octanol–water partition coefficient (Wildman–Crippen LogP) is 5.45. The van der Waals surface area contributed by atoms with Crippen molar-refractivity contribution in [3.63, 3.8) is 0 Å². The van der Waals surface area contributed by atoms with E-state index in [0.717, 1.165) is 18.2 Å². The quantitative estimate of drug-likeness (QED) is 0.243. The first-order valence-corrected chi connectivity index (χ1v) is 14.8. The second kappa shape index (κ2) is 11.4. The van der Waals surface area contributed by atoms with Crippen LogP contribution in [-0.2, 0) is 21.1 Å². The zero-order valence-electron chi connectivity index (χ0n) is 22.0. The smallest absolute Gasteiger partial charge is 0.341 e. The number of aromatic nitrogens is 4. The number of pyridine rings is 2. The lowest BCUT2D eigenvalue weighted by molar-refractivity contribution is -0.0285. The number of benzene rings is 2. The van der Waals surface area contributed by atoms with Gasteiger partial charge in [0.25, 0.3) is 5.91 Å². The van der Waals surface area contributed by atoms with Crippen molar-refractivity contribution in [1.29, 1.82) is 0 Å². The van der Waals surface area contributed by atoms with Gasteiger partial charge in [0, 0.05) is 39.3 Å². The van der Waals surface area contributed by atoms with Crippen molar-refractivity contribution in [1.82, 2.24) is 25.1 Å². The Morgan fingerprint density at radius 2 is 1.86 bits per heavy atom. The Labute approximate surface area is 248 Å². The number of hydrogen-bond donors (Lipinski definition) is 1. The summed E-state index contributed by atoms with van der Waals surface area (Å²) < 4.78 is 72.6. The van der Waals surface area contributed by atoms with Crippen molar-refractivity contribution >= 4 is 38.1 Å². The van der Waals surface area contributed by atoms with Gasteiger partial charge in [0.05, 0.1) is 47.8 Å². The number of carbonyl (C=O) groups is 1. The SMILES string of the molecule is O=C(NCc1cc2c(F)c(-c3cccc(-c4ccn(C5COC5)n4)n3)ccc2cn1)c1cc(Cl)cc(S(=O)(=O)C(F)F)c1. The molecular formula is C29H21ClF3N5O4S. The molecule has 0 unspecified atom stereocenters. The lowest BCUT2D eigenvalue weighted by atomic mass is 10.0. The molecule has 1 N–H and O–H groups in total. The third-order valence-corrected chi connectivity index (χ3v) is 8.49. The normalized spacial score (nSPS) is 13.8. The Kier molecular flexibility index (Phi) is 7.63. The van der Waals surface area contributed by atoms with Gasteiger partial charge in [-0.05, 0) is 48.5 Å². The highest BCUT2D eigenvalue weighted by Gasteiger charge is 2.28. The molecule has 0 radical (unpaired) electrons. The fourth-order valence-corrected chi connectivity index (χ4v) is 5.62. The summed E-state index contributed by atoms with van der Waals surface area (Å²) in [6, 6.07) is 14.9. The first-order chi connectivity index (χ1) is 20.6. The molecule has 220 valence electrons. The van der Waals surface area contributed by atoms with Gasteiger partial charge in [-0.25, -0.2) is 17.8 Å². The maximum atomic E-state index is 15.8. The van der Waals surface area contributed by atoms with Crippen LogP contribution >= 0.6 is 11.6 Å². The molecule has 1 amide bonds. The standard InChI is InChI=1S/C29H21ClF3N5O4S/c30-18-8-17(9-21(10-18)43(40,41)29(32)33)28(39)35-13-19-11-23-16(12-34-19)4-5-22(27(23)31)24-2-1-3-25(36-24)26-6-7-38(37-26)20-14-42-15-20/h1-12,20,29H,13-15H2,(H,35,39). The Morgan fingerprint density at radius 1 is 1.07 bits per heavy atom. The maximum Gasteiger partial charge on any atom is 0.341 e. The highest BCUT2D eigenvalue weighted by molar-refractivity contribution is 7.91. The molecule has 2 aromatic carbocycles. The van der Waals surface area contributed by atoms with Crippen molar-refractivity contribution in [2.24, 2.45) is 0 Å². The van der Waals surface area contributed by atoms with Crippen LogP contribution in [0.4, 0.5) is 13.2 Å². The number of nitrogens with zero attached hydrogens (tertiary/aromatic N) is 4. The summed E-state index contributed by atoms with van der Waals surface area (Å²) >= 11 is 5.88. The maximum absolute atomic E-state index is 15.8. The molecule has 1 aliphatic rings. The van der Waals surface area contributed by atoms with Crippen LogP contribution < -0.4 is 5.32 Å². The molecule has 0 saturated carbocycles. The number of rotatable bonds is 8. The fourth-order valence-electron chi connectivity index (χ4n) is 4.53. The van der Waals surface area contributed by atoms with Gasteiger partial charge in [0.15, 0.2) is 0 Å². The average Bonchev–Trinajstić information content (AvgIpc) is 3.44. The Bertz CT molecular complexity index is 1980. The van der Waals surface area contributed by atoms with Gasteiger partial charge >= 0.3 is 5.76 Å². The number of ether oxygens (including phenoxy) is 1. The van der Waals surface area contributed by atoms with E-state index >= 15 is 4.39 Å². The molecule has 9 nitrogen and oxygen atoms in total. The minimum Gasteiger partial charge on any atom is -0.377 e. The molecule has 1 fully saturated rings. The van der Waals surface area contributed by atoms with Crippen LogP contribution in [0.25, 0.3) is 33.4 Å². The monoisotopic (exact) mass is 627 g/mol. The second-order valence-corrected chi connectivity index (χ2v) is 12.1. The van der Waals surface area contributed by atoms with Crippen molar-refractivity contribution in [2.75, 3.05) is 13.2 Å². The zero-order chi connectivity index (χ0) is 30.3. The van der Waals surface area contributed by atoms with E-state index in [1.54, 1.807) is 30.3 Å². The van der Waals surface area contributed by atoms with E-state index in [4.69, 9.17) is 16.3 Å². The van der Waals surface area contributed by atoms with Crippen LogP contribution in [0.1, 0.15) is 22.1 Å². The molecule has 0 atom stereocenters. The topological polar surface area (TPSA) is 116 Å². The number of amides is 1. The van der Waals surface area contributed by atoms with Crippen LogP contribution in [0.15, 0.2) is 78.0 Å². The summed E-state index contributed by atoms with van der Waals surface area (Å²) in [5.41, 5.74) is 1.95. The van der Waals surface area contributed by atoms with Gasteiger partial charge in [-0.2, -0.15) is 13.9 Å². The molecular weight excluding hydrogens is 607 g/mol. The van der Waals surface area contributed by atoms with E-state index in [0.29, 0.717) is 41.4 Å². The molecule has 6 rings (SSSR count). The first-order valence-electron chi connectivity index (χ1n) is 12.9. The summed E-state index contributed by atoms with van der Waals surface area (Å²) in [6.45, 7) is 1.04. The third kappa shape index (κ3) is 5.70. The van der Waals surface area contributed by atoms with Gasteiger partial charge in [0.2, 0.25) is 9.84 Å². The summed E-state index contributed by atoms with van der Waals surface area (Å²) in [5, 5.41) is 7.66. The van der Waals surface area contributed by atoms with E-state index in [1.165, 1.54) is 12.3 Å². The molecule has 43 heavy (non-hydrogen) atoms. The lowest BCUT2D eigenvalue weighted by Crippen LogP contribution is -2.30. The first kappa shape index (κ1) is 28.8.